The minimum Gasteiger partial charge on any atom is -0.497 e. The van der Waals surface area contributed by atoms with Crippen molar-refractivity contribution in [3.63, 3.8) is 0 Å². The minimum absolute atomic E-state index is 0.0459. The van der Waals surface area contributed by atoms with Gasteiger partial charge in [-0.15, -0.1) is 0 Å². The smallest absolute Gasteiger partial charge is 0.377 e. The largest absolute Gasteiger partial charge is 0.497 e. The van der Waals surface area contributed by atoms with Crippen LogP contribution >= 0.6 is 0 Å². The molecule has 1 N–H and O–H groups in total. The Morgan fingerprint density at radius 3 is 2.90 bits per heavy atom. The van der Waals surface area contributed by atoms with E-state index in [0.717, 1.165) is 0 Å². The molecule has 0 aromatic heterocycles. The SMILES string of the molecule is COc1cccc(NC(=O)COC(=O)C2=COCCO2)c1. The quantitative estimate of drug-likeness (QED) is 0.817. The third-order valence-electron chi connectivity index (χ3n) is 2.54. The number of anilines is 1. The first kappa shape index (κ1) is 14.7. The van der Waals surface area contributed by atoms with Crippen LogP contribution in [0, 0.1) is 0 Å². The van der Waals surface area contributed by atoms with Gasteiger partial charge in [0, 0.05) is 11.8 Å². The van der Waals surface area contributed by atoms with Gasteiger partial charge in [0.05, 0.1) is 7.11 Å². The summed E-state index contributed by atoms with van der Waals surface area (Å²) >= 11 is 0. The van der Waals surface area contributed by atoms with Gasteiger partial charge >= 0.3 is 5.97 Å². The van der Waals surface area contributed by atoms with Gasteiger partial charge in [0.25, 0.3) is 5.91 Å². The zero-order valence-corrected chi connectivity index (χ0v) is 11.5. The van der Waals surface area contributed by atoms with Crippen LogP contribution in [0.25, 0.3) is 0 Å². The summed E-state index contributed by atoms with van der Waals surface area (Å²) in [7, 11) is 1.53. The van der Waals surface area contributed by atoms with Crippen molar-refractivity contribution in [2.24, 2.45) is 0 Å². The number of hydrogen-bond acceptors (Lipinski definition) is 6. The topological polar surface area (TPSA) is 83.1 Å². The molecule has 1 amide bonds. The Morgan fingerprint density at radius 2 is 2.19 bits per heavy atom. The highest BCUT2D eigenvalue weighted by atomic mass is 16.6. The number of benzene rings is 1. The molecule has 0 radical (unpaired) electrons. The first-order valence-corrected chi connectivity index (χ1v) is 6.24. The molecule has 0 bridgehead atoms. The Hall–Kier alpha value is -2.70. The van der Waals surface area contributed by atoms with Gasteiger partial charge in [-0.3, -0.25) is 4.79 Å². The molecule has 0 unspecified atom stereocenters. The average Bonchev–Trinajstić information content (AvgIpc) is 2.53. The van der Waals surface area contributed by atoms with Crippen molar-refractivity contribution in [2.45, 2.75) is 0 Å². The molecule has 0 fully saturated rings. The normalized spacial score (nSPS) is 13.3. The zero-order valence-electron chi connectivity index (χ0n) is 11.5. The summed E-state index contributed by atoms with van der Waals surface area (Å²) in [5, 5.41) is 2.59. The van der Waals surface area contributed by atoms with E-state index in [0.29, 0.717) is 18.0 Å². The monoisotopic (exact) mass is 293 g/mol. The molecule has 1 aliphatic rings. The van der Waals surface area contributed by atoms with E-state index < -0.39 is 18.5 Å². The molecule has 1 aromatic rings. The molecule has 1 aliphatic heterocycles. The predicted molar refractivity (Wildman–Crippen MR) is 72.6 cm³/mol. The van der Waals surface area contributed by atoms with Crippen LogP contribution in [-0.2, 0) is 23.8 Å². The molecule has 7 heteroatoms. The Labute approximate surface area is 121 Å². The Morgan fingerprint density at radius 1 is 1.33 bits per heavy atom. The maximum absolute atomic E-state index is 11.7. The lowest BCUT2D eigenvalue weighted by molar-refractivity contribution is -0.148. The molecule has 0 saturated carbocycles. The molecule has 0 aliphatic carbocycles. The number of ether oxygens (including phenoxy) is 4. The van der Waals surface area contributed by atoms with Gasteiger partial charge in [-0.1, -0.05) is 6.07 Å². The van der Waals surface area contributed by atoms with E-state index in [1.54, 1.807) is 24.3 Å². The Kier molecular flexibility index (Phi) is 5.03. The molecular weight excluding hydrogens is 278 g/mol. The van der Waals surface area contributed by atoms with E-state index >= 15 is 0 Å². The van der Waals surface area contributed by atoms with Crippen LogP contribution in [0.3, 0.4) is 0 Å². The van der Waals surface area contributed by atoms with Crippen molar-refractivity contribution in [3.8, 4) is 5.75 Å². The maximum atomic E-state index is 11.7. The van der Waals surface area contributed by atoms with E-state index in [9.17, 15) is 9.59 Å². The van der Waals surface area contributed by atoms with Crippen molar-refractivity contribution in [1.29, 1.82) is 0 Å². The Balaban J connectivity index is 1.81. The van der Waals surface area contributed by atoms with Crippen LogP contribution in [0.5, 0.6) is 5.75 Å². The maximum Gasteiger partial charge on any atom is 0.377 e. The molecule has 21 heavy (non-hydrogen) atoms. The summed E-state index contributed by atoms with van der Waals surface area (Å²) in [6, 6.07) is 6.84. The van der Waals surface area contributed by atoms with Gasteiger partial charge in [-0.25, -0.2) is 4.79 Å². The highest BCUT2D eigenvalue weighted by molar-refractivity contribution is 5.94. The summed E-state index contributed by atoms with van der Waals surface area (Å²) in [4.78, 5) is 23.2. The van der Waals surface area contributed by atoms with E-state index in [1.165, 1.54) is 13.4 Å². The van der Waals surface area contributed by atoms with Gasteiger partial charge in [0.15, 0.2) is 6.61 Å². The summed E-state index contributed by atoms with van der Waals surface area (Å²) in [5.41, 5.74) is 0.548. The van der Waals surface area contributed by atoms with Gasteiger partial charge in [0.1, 0.15) is 25.2 Å². The van der Waals surface area contributed by atoms with Crippen LogP contribution in [0.4, 0.5) is 5.69 Å². The summed E-state index contributed by atoms with van der Waals surface area (Å²) in [6.45, 7) is 0.237. The molecule has 1 heterocycles. The molecule has 0 spiro atoms. The average molecular weight is 293 g/mol. The number of carbonyl (C=O) groups is 2. The second-order valence-electron chi connectivity index (χ2n) is 4.06. The number of carbonyl (C=O) groups excluding carboxylic acids is 2. The fourth-order valence-electron chi connectivity index (χ4n) is 1.58. The van der Waals surface area contributed by atoms with Crippen LogP contribution in [0.1, 0.15) is 0 Å². The fourth-order valence-corrected chi connectivity index (χ4v) is 1.58. The fraction of sp³-hybridized carbons (Fsp3) is 0.286. The third kappa shape index (κ3) is 4.41. The Bertz CT molecular complexity index is 554. The molecule has 0 atom stereocenters. The predicted octanol–water partition coefficient (Wildman–Crippen LogP) is 1.07. The lowest BCUT2D eigenvalue weighted by Gasteiger charge is -2.14. The van der Waals surface area contributed by atoms with Gasteiger partial charge < -0.3 is 24.3 Å². The molecular formula is C14H15NO6. The highest BCUT2D eigenvalue weighted by Gasteiger charge is 2.17. The molecule has 112 valence electrons. The van der Waals surface area contributed by atoms with E-state index in [1.807, 2.05) is 0 Å². The van der Waals surface area contributed by atoms with Gasteiger partial charge in [-0.2, -0.15) is 0 Å². The number of rotatable bonds is 5. The standard InChI is InChI=1S/C14H15NO6/c1-18-11-4-2-3-10(7-11)15-13(16)9-21-14(17)12-8-19-5-6-20-12/h2-4,7-8H,5-6,9H2,1H3,(H,15,16). The minimum atomic E-state index is -0.740. The van der Waals surface area contributed by atoms with Crippen molar-refractivity contribution in [2.75, 3.05) is 32.2 Å². The summed E-state index contributed by atoms with van der Waals surface area (Å²) in [5.74, 6) is -0.637. The van der Waals surface area contributed by atoms with E-state index in [2.05, 4.69) is 5.32 Å². The molecule has 1 aromatic carbocycles. The highest BCUT2D eigenvalue weighted by Crippen LogP contribution is 2.16. The number of esters is 1. The van der Waals surface area contributed by atoms with E-state index in [4.69, 9.17) is 18.9 Å². The van der Waals surface area contributed by atoms with Crippen molar-refractivity contribution < 1.29 is 28.5 Å². The number of methoxy groups -OCH3 is 1. The van der Waals surface area contributed by atoms with Gasteiger partial charge in [-0.05, 0) is 12.1 Å². The number of nitrogens with one attached hydrogen (secondary N) is 1. The lowest BCUT2D eigenvalue weighted by Crippen LogP contribution is -2.23. The number of amides is 1. The molecule has 0 saturated heterocycles. The molecule has 2 rings (SSSR count). The van der Waals surface area contributed by atoms with Crippen LogP contribution in [0.15, 0.2) is 36.3 Å². The van der Waals surface area contributed by atoms with Crippen LogP contribution < -0.4 is 10.1 Å². The molecule has 7 nitrogen and oxygen atoms in total. The summed E-state index contributed by atoms with van der Waals surface area (Å²) < 4.78 is 19.8. The third-order valence-corrected chi connectivity index (χ3v) is 2.54. The van der Waals surface area contributed by atoms with E-state index in [-0.39, 0.29) is 12.4 Å². The number of hydrogen-bond donors (Lipinski definition) is 1. The van der Waals surface area contributed by atoms with Crippen LogP contribution in [0.2, 0.25) is 0 Å². The van der Waals surface area contributed by atoms with Crippen molar-refractivity contribution >= 4 is 17.6 Å². The zero-order chi connectivity index (χ0) is 15.1. The second kappa shape index (κ2) is 7.18. The second-order valence-corrected chi connectivity index (χ2v) is 4.06. The van der Waals surface area contributed by atoms with Crippen LogP contribution in [-0.4, -0.2) is 38.8 Å². The first-order chi connectivity index (χ1) is 10.2. The van der Waals surface area contributed by atoms with Gasteiger partial charge in [0.2, 0.25) is 5.76 Å². The van der Waals surface area contributed by atoms with Crippen molar-refractivity contribution in [3.05, 3.63) is 36.3 Å². The lowest BCUT2D eigenvalue weighted by atomic mass is 10.3. The van der Waals surface area contributed by atoms with Crippen molar-refractivity contribution in [1.82, 2.24) is 0 Å². The first-order valence-electron chi connectivity index (χ1n) is 6.24. The summed E-state index contributed by atoms with van der Waals surface area (Å²) in [6.07, 6.45) is 1.17.